The van der Waals surface area contributed by atoms with Gasteiger partial charge in [-0.15, -0.1) is 0 Å². The number of carbonyl (C=O) groups is 2. The number of anilines is 1. The van der Waals surface area contributed by atoms with E-state index in [1.165, 1.54) is 0 Å². The Labute approximate surface area is 119 Å². The number of hydrogen-bond donors (Lipinski definition) is 2. The van der Waals surface area contributed by atoms with Crippen LogP contribution < -0.4 is 10.6 Å². The number of rotatable bonds is 6. The van der Waals surface area contributed by atoms with E-state index in [0.717, 1.165) is 6.42 Å². The maximum absolute atomic E-state index is 11.6. The molecule has 20 heavy (non-hydrogen) atoms. The fourth-order valence-electron chi connectivity index (χ4n) is 1.54. The molecule has 2 N–H and O–H groups in total. The van der Waals surface area contributed by atoms with Gasteiger partial charge in [-0.25, -0.2) is 0 Å². The van der Waals surface area contributed by atoms with E-state index in [1.807, 2.05) is 6.07 Å². The van der Waals surface area contributed by atoms with E-state index >= 15 is 0 Å². The van der Waals surface area contributed by atoms with E-state index in [-0.39, 0.29) is 18.2 Å². The van der Waals surface area contributed by atoms with Gasteiger partial charge in [0.25, 0.3) is 0 Å². The van der Waals surface area contributed by atoms with Crippen molar-refractivity contribution in [3.8, 4) is 6.07 Å². The summed E-state index contributed by atoms with van der Waals surface area (Å²) in [6, 6.07) is 8.48. The van der Waals surface area contributed by atoms with Crippen molar-refractivity contribution in [3.63, 3.8) is 0 Å². The number of nitrogens with one attached hydrogen (secondary N) is 2. The molecule has 1 aromatic rings. The van der Waals surface area contributed by atoms with Gasteiger partial charge in [-0.1, -0.05) is 13.8 Å². The minimum atomic E-state index is -0.364. The minimum Gasteiger partial charge on any atom is -0.356 e. The number of nitriles is 1. The highest BCUT2D eigenvalue weighted by Gasteiger charge is 2.09. The van der Waals surface area contributed by atoms with Gasteiger partial charge in [0.15, 0.2) is 0 Å². The van der Waals surface area contributed by atoms with Crippen molar-refractivity contribution >= 4 is 17.5 Å². The molecular formula is C15H19N3O2. The first-order valence-electron chi connectivity index (χ1n) is 6.58. The highest BCUT2D eigenvalue weighted by Crippen LogP contribution is 2.09. The Morgan fingerprint density at radius 2 is 1.85 bits per heavy atom. The molecular weight excluding hydrogens is 254 g/mol. The summed E-state index contributed by atoms with van der Waals surface area (Å²) in [4.78, 5) is 23.1. The summed E-state index contributed by atoms with van der Waals surface area (Å²) in [5, 5.41) is 14.0. The summed E-state index contributed by atoms with van der Waals surface area (Å²) in [5.41, 5.74) is 1.10. The van der Waals surface area contributed by atoms with Crippen molar-refractivity contribution < 1.29 is 9.59 Å². The van der Waals surface area contributed by atoms with E-state index in [1.54, 1.807) is 24.3 Å². The fraction of sp³-hybridized carbons (Fsp3) is 0.400. The van der Waals surface area contributed by atoms with Crippen LogP contribution >= 0.6 is 0 Å². The molecule has 0 aromatic heterocycles. The molecule has 0 aliphatic carbocycles. The molecule has 106 valence electrons. The zero-order chi connectivity index (χ0) is 15.0. The standard InChI is InChI=1S/C15H19N3O2/c1-11(2)7-8-17-14(19)9-15(20)18-13-5-3-12(10-16)4-6-13/h3-6,11H,7-9H2,1-2H3,(H,17,19)(H,18,20). The lowest BCUT2D eigenvalue weighted by Crippen LogP contribution is -2.29. The van der Waals surface area contributed by atoms with Crippen molar-refractivity contribution in [1.82, 2.24) is 5.32 Å². The third-order valence-electron chi connectivity index (χ3n) is 2.66. The van der Waals surface area contributed by atoms with Crippen LogP contribution in [0.25, 0.3) is 0 Å². The monoisotopic (exact) mass is 273 g/mol. The van der Waals surface area contributed by atoms with Crippen molar-refractivity contribution in [1.29, 1.82) is 5.26 Å². The summed E-state index contributed by atoms with van der Waals surface area (Å²) >= 11 is 0. The third-order valence-corrected chi connectivity index (χ3v) is 2.66. The zero-order valence-corrected chi connectivity index (χ0v) is 11.8. The maximum atomic E-state index is 11.6. The lowest BCUT2D eigenvalue weighted by Gasteiger charge is -2.08. The number of carbonyl (C=O) groups excluding carboxylic acids is 2. The van der Waals surface area contributed by atoms with Crippen LogP contribution in [0.1, 0.15) is 32.3 Å². The second-order valence-corrected chi connectivity index (χ2v) is 4.95. The summed E-state index contributed by atoms with van der Waals surface area (Å²) in [6.07, 6.45) is 0.696. The molecule has 0 aliphatic rings. The molecule has 5 nitrogen and oxygen atoms in total. The molecule has 2 amide bonds. The van der Waals surface area contributed by atoms with Gasteiger partial charge in [-0.3, -0.25) is 9.59 Å². The van der Waals surface area contributed by atoms with Crippen LogP contribution in [0.2, 0.25) is 0 Å². The Morgan fingerprint density at radius 1 is 1.20 bits per heavy atom. The lowest BCUT2D eigenvalue weighted by atomic mass is 10.1. The third kappa shape index (κ3) is 6.01. The van der Waals surface area contributed by atoms with E-state index in [2.05, 4.69) is 24.5 Å². The first-order chi connectivity index (χ1) is 9.51. The van der Waals surface area contributed by atoms with Gasteiger partial charge in [-0.2, -0.15) is 5.26 Å². The number of benzene rings is 1. The summed E-state index contributed by atoms with van der Waals surface area (Å²) in [5.74, 6) is -0.128. The first-order valence-corrected chi connectivity index (χ1v) is 6.58. The maximum Gasteiger partial charge on any atom is 0.233 e. The Balaban J connectivity index is 2.35. The Hall–Kier alpha value is -2.35. The van der Waals surface area contributed by atoms with Crippen molar-refractivity contribution in [2.75, 3.05) is 11.9 Å². The Kier molecular flexibility index (Phi) is 6.24. The molecule has 0 fully saturated rings. The van der Waals surface area contributed by atoms with Crippen molar-refractivity contribution in [2.24, 2.45) is 5.92 Å². The van der Waals surface area contributed by atoms with E-state index < -0.39 is 0 Å². The van der Waals surface area contributed by atoms with Gasteiger partial charge in [0, 0.05) is 12.2 Å². The Bertz CT molecular complexity index is 501. The smallest absolute Gasteiger partial charge is 0.233 e. The highest BCUT2D eigenvalue weighted by molar-refractivity contribution is 6.03. The SMILES string of the molecule is CC(C)CCNC(=O)CC(=O)Nc1ccc(C#N)cc1. The van der Waals surface area contributed by atoms with Crippen LogP contribution in [-0.2, 0) is 9.59 Å². The number of nitrogens with zero attached hydrogens (tertiary/aromatic N) is 1. The normalized spacial score (nSPS) is 9.90. The predicted octanol–water partition coefficient (Wildman–Crippen LogP) is 2.05. The van der Waals surface area contributed by atoms with Gasteiger partial charge in [0.1, 0.15) is 6.42 Å². The largest absolute Gasteiger partial charge is 0.356 e. The zero-order valence-electron chi connectivity index (χ0n) is 11.8. The van der Waals surface area contributed by atoms with Crippen LogP contribution in [0, 0.1) is 17.2 Å². The van der Waals surface area contributed by atoms with Crippen LogP contribution in [0.15, 0.2) is 24.3 Å². The molecule has 0 unspecified atom stereocenters. The van der Waals surface area contributed by atoms with E-state index in [4.69, 9.17) is 5.26 Å². The average Bonchev–Trinajstić information content (AvgIpc) is 2.38. The van der Waals surface area contributed by atoms with Crippen LogP contribution in [-0.4, -0.2) is 18.4 Å². The van der Waals surface area contributed by atoms with Crippen molar-refractivity contribution in [2.45, 2.75) is 26.7 Å². The fourth-order valence-corrected chi connectivity index (χ4v) is 1.54. The summed E-state index contributed by atoms with van der Waals surface area (Å²) in [6.45, 7) is 4.73. The molecule has 0 heterocycles. The van der Waals surface area contributed by atoms with Gasteiger partial charge in [0.05, 0.1) is 11.6 Å². The molecule has 0 atom stereocenters. The molecule has 5 heteroatoms. The molecule has 0 aliphatic heterocycles. The molecule has 0 saturated heterocycles. The van der Waals surface area contributed by atoms with Crippen LogP contribution in [0.3, 0.4) is 0 Å². The van der Waals surface area contributed by atoms with Crippen molar-refractivity contribution in [3.05, 3.63) is 29.8 Å². The summed E-state index contributed by atoms with van der Waals surface area (Å²) < 4.78 is 0. The second-order valence-electron chi connectivity index (χ2n) is 4.95. The molecule has 0 saturated carbocycles. The molecule has 0 spiro atoms. The topological polar surface area (TPSA) is 82.0 Å². The summed E-state index contributed by atoms with van der Waals surface area (Å²) in [7, 11) is 0. The van der Waals surface area contributed by atoms with Crippen LogP contribution in [0.4, 0.5) is 5.69 Å². The van der Waals surface area contributed by atoms with Gasteiger partial charge < -0.3 is 10.6 Å². The predicted molar refractivity (Wildman–Crippen MR) is 76.9 cm³/mol. The van der Waals surface area contributed by atoms with E-state index in [9.17, 15) is 9.59 Å². The molecule has 0 bridgehead atoms. The molecule has 0 radical (unpaired) electrons. The van der Waals surface area contributed by atoms with Gasteiger partial charge in [0.2, 0.25) is 11.8 Å². The lowest BCUT2D eigenvalue weighted by molar-refractivity contribution is -0.126. The first kappa shape index (κ1) is 15.7. The number of amides is 2. The molecule has 1 rings (SSSR count). The van der Waals surface area contributed by atoms with Gasteiger partial charge >= 0.3 is 0 Å². The van der Waals surface area contributed by atoms with Crippen LogP contribution in [0.5, 0.6) is 0 Å². The number of hydrogen-bond acceptors (Lipinski definition) is 3. The quantitative estimate of drug-likeness (QED) is 0.778. The minimum absolute atomic E-state index is 0.196. The average molecular weight is 273 g/mol. The van der Waals surface area contributed by atoms with E-state index in [0.29, 0.717) is 23.7 Å². The van der Waals surface area contributed by atoms with Gasteiger partial charge in [-0.05, 0) is 36.6 Å². The second kappa shape index (κ2) is 7.95. The highest BCUT2D eigenvalue weighted by atomic mass is 16.2. The molecule has 1 aromatic carbocycles. The Morgan fingerprint density at radius 3 is 2.40 bits per heavy atom.